The van der Waals surface area contributed by atoms with E-state index in [1.807, 2.05) is 12.1 Å². The summed E-state index contributed by atoms with van der Waals surface area (Å²) in [5.41, 5.74) is 2.68. The Morgan fingerprint density at radius 1 is 1.07 bits per heavy atom. The fraction of sp³-hybridized carbons (Fsp3) is 0.0455. The first-order valence-electron chi connectivity index (χ1n) is 9.21. The van der Waals surface area contributed by atoms with Gasteiger partial charge in [0.2, 0.25) is 5.91 Å². The first-order chi connectivity index (χ1) is 14.6. The summed E-state index contributed by atoms with van der Waals surface area (Å²) in [6.07, 6.45) is 1.55. The number of hydrogen-bond donors (Lipinski definition) is 1. The molecule has 5 rings (SSSR count). The molecule has 0 atom stereocenters. The van der Waals surface area contributed by atoms with Gasteiger partial charge in [-0.15, -0.1) is 0 Å². The zero-order valence-corrected chi connectivity index (χ0v) is 16.3. The number of anilines is 2. The Morgan fingerprint density at radius 3 is 2.73 bits per heavy atom. The Morgan fingerprint density at radius 2 is 1.93 bits per heavy atom. The van der Waals surface area contributed by atoms with Crippen molar-refractivity contribution >= 4 is 34.8 Å². The number of amides is 2. The van der Waals surface area contributed by atoms with Gasteiger partial charge in [-0.2, -0.15) is 5.10 Å². The molecule has 2 aromatic carbocycles. The number of rotatable bonds is 3. The van der Waals surface area contributed by atoms with Crippen LogP contribution in [-0.4, -0.2) is 28.1 Å². The van der Waals surface area contributed by atoms with Crippen LogP contribution in [-0.2, 0) is 4.79 Å². The van der Waals surface area contributed by atoms with Crippen molar-refractivity contribution in [1.82, 2.24) is 9.78 Å². The highest BCUT2D eigenvalue weighted by Gasteiger charge is 2.30. The predicted molar refractivity (Wildman–Crippen MR) is 113 cm³/mol. The van der Waals surface area contributed by atoms with E-state index in [0.29, 0.717) is 33.5 Å². The molecular weight excluding hydrogens is 404 g/mol. The lowest BCUT2D eigenvalue weighted by molar-refractivity contribution is -0.115. The largest absolute Gasteiger partial charge is 0.463 e. The molecule has 4 aromatic rings. The third-order valence-electron chi connectivity index (χ3n) is 4.77. The van der Waals surface area contributed by atoms with Gasteiger partial charge in [-0.1, -0.05) is 29.8 Å². The number of para-hydroxylation sites is 2. The van der Waals surface area contributed by atoms with Crippen molar-refractivity contribution in [1.29, 1.82) is 0 Å². The number of benzene rings is 2. The summed E-state index contributed by atoms with van der Waals surface area (Å²) < 4.78 is 7.15. The molecule has 0 saturated heterocycles. The number of carbonyl (C=O) groups is 2. The standard InChI is InChI=1S/C22H15ClN4O3/c23-14-5-3-6-15(11-14)27-19(20-9-4-10-30-20)12-17(25-27)22(29)26-13-21(28)24-16-7-1-2-8-18(16)26/h1-12H,13H2,(H,24,28). The zero-order chi connectivity index (χ0) is 20.7. The summed E-state index contributed by atoms with van der Waals surface area (Å²) in [7, 11) is 0. The monoisotopic (exact) mass is 418 g/mol. The number of halogens is 1. The molecule has 0 unspecified atom stereocenters. The Bertz CT molecular complexity index is 1260. The van der Waals surface area contributed by atoms with Gasteiger partial charge in [-0.05, 0) is 42.5 Å². The van der Waals surface area contributed by atoms with Gasteiger partial charge >= 0.3 is 0 Å². The van der Waals surface area contributed by atoms with Gasteiger partial charge in [0.05, 0.1) is 23.3 Å². The number of aromatic nitrogens is 2. The lowest BCUT2D eigenvalue weighted by Gasteiger charge is -2.28. The average molecular weight is 419 g/mol. The zero-order valence-electron chi connectivity index (χ0n) is 15.6. The molecule has 3 heterocycles. The summed E-state index contributed by atoms with van der Waals surface area (Å²) in [6, 6.07) is 19.5. The van der Waals surface area contributed by atoms with E-state index in [2.05, 4.69) is 10.4 Å². The minimum atomic E-state index is -0.383. The first-order valence-corrected chi connectivity index (χ1v) is 9.58. The number of nitrogens with one attached hydrogen (secondary N) is 1. The van der Waals surface area contributed by atoms with Gasteiger partial charge in [0.15, 0.2) is 11.5 Å². The van der Waals surface area contributed by atoms with Crippen LogP contribution in [0.3, 0.4) is 0 Å². The van der Waals surface area contributed by atoms with Crippen molar-refractivity contribution in [2.24, 2.45) is 0 Å². The van der Waals surface area contributed by atoms with Gasteiger partial charge in [-0.25, -0.2) is 4.68 Å². The smallest absolute Gasteiger partial charge is 0.279 e. The fourth-order valence-corrected chi connectivity index (χ4v) is 3.63. The van der Waals surface area contributed by atoms with E-state index in [-0.39, 0.29) is 24.1 Å². The summed E-state index contributed by atoms with van der Waals surface area (Å²) in [5, 5.41) is 7.85. The van der Waals surface area contributed by atoms with Crippen LogP contribution in [0, 0.1) is 0 Å². The number of nitrogens with zero attached hydrogens (tertiary/aromatic N) is 3. The van der Waals surface area contributed by atoms with Crippen molar-refractivity contribution < 1.29 is 14.0 Å². The van der Waals surface area contributed by atoms with Gasteiger partial charge in [-0.3, -0.25) is 14.5 Å². The molecule has 0 radical (unpaired) electrons. The molecule has 1 aliphatic rings. The third-order valence-corrected chi connectivity index (χ3v) is 5.01. The van der Waals surface area contributed by atoms with Crippen LogP contribution in [0.2, 0.25) is 5.02 Å². The van der Waals surface area contributed by atoms with E-state index in [0.717, 1.165) is 0 Å². The number of fused-ring (bicyclic) bond motifs is 1. The lowest BCUT2D eigenvalue weighted by atomic mass is 10.1. The summed E-state index contributed by atoms with van der Waals surface area (Å²) >= 11 is 6.15. The minimum absolute atomic E-state index is 0.0873. The fourth-order valence-electron chi connectivity index (χ4n) is 3.44. The highest BCUT2D eigenvalue weighted by molar-refractivity contribution is 6.30. The van der Waals surface area contributed by atoms with Crippen LogP contribution >= 0.6 is 11.6 Å². The maximum atomic E-state index is 13.4. The van der Waals surface area contributed by atoms with Crippen LogP contribution in [0.15, 0.2) is 77.4 Å². The Balaban J connectivity index is 1.61. The molecule has 8 heteroatoms. The predicted octanol–water partition coefficient (Wildman–Crippen LogP) is 4.38. The van der Waals surface area contributed by atoms with Crippen molar-refractivity contribution in [3.05, 3.63) is 83.7 Å². The minimum Gasteiger partial charge on any atom is -0.463 e. The van der Waals surface area contributed by atoms with E-state index in [4.69, 9.17) is 16.0 Å². The highest BCUT2D eigenvalue weighted by Crippen LogP contribution is 2.31. The van der Waals surface area contributed by atoms with E-state index in [1.165, 1.54) is 4.90 Å². The molecular formula is C22H15ClN4O3. The first kappa shape index (κ1) is 18.2. The molecule has 0 fully saturated rings. The molecule has 148 valence electrons. The molecule has 1 N–H and O–H groups in total. The van der Waals surface area contributed by atoms with Crippen LogP contribution in [0.1, 0.15) is 10.5 Å². The lowest BCUT2D eigenvalue weighted by Crippen LogP contribution is -2.42. The van der Waals surface area contributed by atoms with E-state index < -0.39 is 0 Å². The molecule has 30 heavy (non-hydrogen) atoms. The molecule has 0 saturated carbocycles. The Labute approximate surface area is 176 Å². The summed E-state index contributed by atoms with van der Waals surface area (Å²) in [6.45, 7) is -0.0873. The summed E-state index contributed by atoms with van der Waals surface area (Å²) in [5.74, 6) is -0.0909. The van der Waals surface area contributed by atoms with Crippen LogP contribution in [0.25, 0.3) is 17.1 Å². The van der Waals surface area contributed by atoms with E-state index >= 15 is 0 Å². The summed E-state index contributed by atoms with van der Waals surface area (Å²) in [4.78, 5) is 26.9. The second-order valence-electron chi connectivity index (χ2n) is 6.74. The highest BCUT2D eigenvalue weighted by atomic mass is 35.5. The molecule has 1 aliphatic heterocycles. The number of hydrogen-bond acceptors (Lipinski definition) is 4. The molecule has 2 aromatic heterocycles. The van der Waals surface area contributed by atoms with E-state index in [1.54, 1.807) is 65.5 Å². The maximum Gasteiger partial charge on any atom is 0.279 e. The second-order valence-corrected chi connectivity index (χ2v) is 7.18. The van der Waals surface area contributed by atoms with Crippen LogP contribution in [0.4, 0.5) is 11.4 Å². The number of carbonyl (C=O) groups excluding carboxylic acids is 2. The topological polar surface area (TPSA) is 80.4 Å². The normalized spacial score (nSPS) is 13.1. The molecule has 0 aliphatic carbocycles. The number of furan rings is 1. The van der Waals surface area contributed by atoms with Crippen molar-refractivity contribution in [3.8, 4) is 17.1 Å². The Kier molecular flexibility index (Phi) is 4.37. The molecule has 2 amide bonds. The SMILES string of the molecule is O=C1CN(C(=O)c2cc(-c3ccco3)n(-c3cccc(Cl)c3)n2)c2ccccc2N1. The molecule has 7 nitrogen and oxygen atoms in total. The van der Waals surface area contributed by atoms with Gasteiger partial charge < -0.3 is 9.73 Å². The second kappa shape index (κ2) is 7.20. The maximum absolute atomic E-state index is 13.4. The molecule has 0 spiro atoms. The van der Waals surface area contributed by atoms with Crippen LogP contribution < -0.4 is 10.2 Å². The van der Waals surface area contributed by atoms with Gasteiger partial charge in [0, 0.05) is 11.1 Å². The van der Waals surface area contributed by atoms with Gasteiger partial charge in [0.25, 0.3) is 5.91 Å². The van der Waals surface area contributed by atoms with Crippen molar-refractivity contribution in [3.63, 3.8) is 0 Å². The van der Waals surface area contributed by atoms with Gasteiger partial charge in [0.1, 0.15) is 12.2 Å². The third kappa shape index (κ3) is 3.15. The molecule has 0 bridgehead atoms. The quantitative estimate of drug-likeness (QED) is 0.535. The van der Waals surface area contributed by atoms with E-state index in [9.17, 15) is 9.59 Å². The van der Waals surface area contributed by atoms with Crippen molar-refractivity contribution in [2.75, 3.05) is 16.8 Å². The van der Waals surface area contributed by atoms with Crippen LogP contribution in [0.5, 0.6) is 0 Å². The Hall–Kier alpha value is -3.84. The van der Waals surface area contributed by atoms with Crippen molar-refractivity contribution in [2.45, 2.75) is 0 Å². The average Bonchev–Trinajstić information content (AvgIpc) is 3.42.